The lowest BCUT2D eigenvalue weighted by atomic mass is 10.1. The maximum absolute atomic E-state index is 10.9. The molecule has 0 spiro atoms. The van der Waals surface area contributed by atoms with Crippen LogP contribution in [0, 0.1) is 0 Å². The van der Waals surface area contributed by atoms with Gasteiger partial charge in [-0.05, 0) is 36.4 Å². The Kier molecular flexibility index (Phi) is 3.13. The molecule has 1 aromatic heterocycles. The van der Waals surface area contributed by atoms with Crippen molar-refractivity contribution >= 4 is 16.9 Å². The van der Waals surface area contributed by atoms with Crippen molar-refractivity contribution in [3.8, 4) is 5.75 Å². The van der Waals surface area contributed by atoms with Crippen LogP contribution in [0.25, 0.3) is 10.9 Å². The number of aromatic amines is 1. The van der Waals surface area contributed by atoms with E-state index in [-0.39, 0.29) is 5.56 Å². The lowest BCUT2D eigenvalue weighted by molar-refractivity contribution is 0.0697. The molecule has 4 heteroatoms. The molecule has 0 bridgehead atoms. The van der Waals surface area contributed by atoms with E-state index in [9.17, 15) is 4.79 Å². The highest BCUT2D eigenvalue weighted by Crippen LogP contribution is 2.19. The number of hydrogen-bond acceptors (Lipinski definition) is 2. The van der Waals surface area contributed by atoms with Gasteiger partial charge >= 0.3 is 5.97 Å². The normalized spacial score (nSPS) is 10.6. The molecule has 0 aliphatic carbocycles. The van der Waals surface area contributed by atoms with E-state index < -0.39 is 5.97 Å². The van der Waals surface area contributed by atoms with E-state index in [1.165, 1.54) is 0 Å². The molecule has 1 heterocycles. The topological polar surface area (TPSA) is 62.3 Å². The number of carbonyl (C=O) groups is 1. The van der Waals surface area contributed by atoms with Crippen molar-refractivity contribution in [3.05, 3.63) is 65.9 Å². The zero-order valence-electron chi connectivity index (χ0n) is 10.7. The Morgan fingerprint density at radius 1 is 1.10 bits per heavy atom. The van der Waals surface area contributed by atoms with Crippen molar-refractivity contribution in [2.24, 2.45) is 0 Å². The SMILES string of the molecule is O=C(O)c1ccc2[nH]c(COc3ccccc3)cc2c1. The molecule has 0 unspecified atom stereocenters. The Morgan fingerprint density at radius 2 is 1.90 bits per heavy atom. The maximum Gasteiger partial charge on any atom is 0.335 e. The quantitative estimate of drug-likeness (QED) is 0.761. The van der Waals surface area contributed by atoms with Crippen LogP contribution in [-0.2, 0) is 6.61 Å². The third kappa shape index (κ3) is 2.49. The maximum atomic E-state index is 10.9. The van der Waals surface area contributed by atoms with Crippen LogP contribution in [0.4, 0.5) is 0 Å². The number of hydrogen-bond donors (Lipinski definition) is 2. The molecule has 20 heavy (non-hydrogen) atoms. The molecule has 0 radical (unpaired) electrons. The lowest BCUT2D eigenvalue weighted by Crippen LogP contribution is -1.94. The molecule has 0 fully saturated rings. The molecule has 0 aliphatic rings. The Bertz CT molecular complexity index is 747. The van der Waals surface area contributed by atoms with E-state index in [1.807, 2.05) is 36.4 Å². The first-order valence-electron chi connectivity index (χ1n) is 6.25. The molecule has 0 saturated heterocycles. The van der Waals surface area contributed by atoms with E-state index in [4.69, 9.17) is 9.84 Å². The van der Waals surface area contributed by atoms with Crippen molar-refractivity contribution in [2.75, 3.05) is 0 Å². The molecule has 0 aliphatic heterocycles. The summed E-state index contributed by atoms with van der Waals surface area (Å²) in [5, 5.41) is 9.84. The zero-order chi connectivity index (χ0) is 13.9. The fourth-order valence-electron chi connectivity index (χ4n) is 2.08. The van der Waals surface area contributed by atoms with Crippen LogP contribution in [0.5, 0.6) is 5.75 Å². The Balaban J connectivity index is 1.80. The van der Waals surface area contributed by atoms with Gasteiger partial charge in [-0.15, -0.1) is 0 Å². The van der Waals surface area contributed by atoms with Gasteiger partial charge in [0.05, 0.1) is 11.3 Å². The van der Waals surface area contributed by atoms with E-state index in [2.05, 4.69) is 4.98 Å². The van der Waals surface area contributed by atoms with Gasteiger partial charge in [0.1, 0.15) is 12.4 Å². The standard InChI is InChI=1S/C16H13NO3/c18-16(19)11-6-7-15-12(8-11)9-13(17-15)10-20-14-4-2-1-3-5-14/h1-9,17H,10H2,(H,18,19). The number of ether oxygens (including phenoxy) is 1. The molecule has 0 atom stereocenters. The van der Waals surface area contributed by atoms with Crippen LogP contribution in [-0.4, -0.2) is 16.1 Å². The predicted octanol–water partition coefficient (Wildman–Crippen LogP) is 3.45. The van der Waals surface area contributed by atoms with Crippen LogP contribution < -0.4 is 4.74 Å². The number of carboxylic acid groups (broad SMARTS) is 1. The number of carboxylic acids is 1. The first-order valence-corrected chi connectivity index (χ1v) is 6.25. The molecule has 100 valence electrons. The molecule has 0 amide bonds. The van der Waals surface area contributed by atoms with Crippen molar-refractivity contribution in [3.63, 3.8) is 0 Å². The number of rotatable bonds is 4. The first kappa shape index (κ1) is 12.3. The molecule has 3 aromatic rings. The monoisotopic (exact) mass is 267 g/mol. The number of para-hydroxylation sites is 1. The second-order valence-electron chi connectivity index (χ2n) is 4.50. The fraction of sp³-hybridized carbons (Fsp3) is 0.0625. The number of aromatic nitrogens is 1. The molecule has 3 rings (SSSR count). The number of aromatic carboxylic acids is 1. The van der Waals surface area contributed by atoms with Gasteiger partial charge in [-0.25, -0.2) is 4.79 Å². The van der Waals surface area contributed by atoms with Gasteiger partial charge in [-0.3, -0.25) is 0 Å². The van der Waals surface area contributed by atoms with Gasteiger partial charge < -0.3 is 14.8 Å². The average Bonchev–Trinajstić information content (AvgIpc) is 2.88. The van der Waals surface area contributed by atoms with Gasteiger partial charge in [0.2, 0.25) is 0 Å². The molecule has 2 aromatic carbocycles. The summed E-state index contributed by atoms with van der Waals surface area (Å²) in [7, 11) is 0. The number of fused-ring (bicyclic) bond motifs is 1. The number of benzene rings is 2. The summed E-state index contributed by atoms with van der Waals surface area (Å²) >= 11 is 0. The minimum Gasteiger partial charge on any atom is -0.487 e. The van der Waals surface area contributed by atoms with Crippen molar-refractivity contribution in [2.45, 2.75) is 6.61 Å². The first-order chi connectivity index (χ1) is 9.72. The van der Waals surface area contributed by atoms with Crippen LogP contribution in [0.2, 0.25) is 0 Å². The highest BCUT2D eigenvalue weighted by molar-refractivity contribution is 5.93. The van der Waals surface area contributed by atoms with Crippen LogP contribution in [0.1, 0.15) is 16.1 Å². The van der Waals surface area contributed by atoms with Crippen LogP contribution in [0.15, 0.2) is 54.6 Å². The molecular formula is C16H13NO3. The second-order valence-corrected chi connectivity index (χ2v) is 4.50. The largest absolute Gasteiger partial charge is 0.487 e. The predicted molar refractivity (Wildman–Crippen MR) is 76.0 cm³/mol. The lowest BCUT2D eigenvalue weighted by Gasteiger charge is -2.03. The summed E-state index contributed by atoms with van der Waals surface area (Å²) in [6.45, 7) is 0.418. The van der Waals surface area contributed by atoms with E-state index >= 15 is 0 Å². The molecular weight excluding hydrogens is 254 g/mol. The number of nitrogens with one attached hydrogen (secondary N) is 1. The smallest absolute Gasteiger partial charge is 0.335 e. The molecule has 0 saturated carbocycles. The minimum absolute atomic E-state index is 0.284. The Labute approximate surface area is 115 Å². The average molecular weight is 267 g/mol. The number of H-pyrrole nitrogens is 1. The Hall–Kier alpha value is -2.75. The summed E-state index contributed by atoms with van der Waals surface area (Å²) in [4.78, 5) is 14.1. The fourth-order valence-corrected chi connectivity index (χ4v) is 2.08. The third-order valence-corrected chi connectivity index (χ3v) is 3.06. The van der Waals surface area contributed by atoms with Gasteiger partial charge in [-0.2, -0.15) is 0 Å². The zero-order valence-corrected chi connectivity index (χ0v) is 10.7. The van der Waals surface area contributed by atoms with Crippen molar-refractivity contribution in [1.29, 1.82) is 0 Å². The van der Waals surface area contributed by atoms with Gasteiger partial charge in [-0.1, -0.05) is 18.2 Å². The van der Waals surface area contributed by atoms with Gasteiger partial charge in [0.25, 0.3) is 0 Å². The highest BCUT2D eigenvalue weighted by Gasteiger charge is 2.06. The van der Waals surface area contributed by atoms with E-state index in [0.29, 0.717) is 6.61 Å². The second kappa shape index (κ2) is 5.09. The van der Waals surface area contributed by atoms with Crippen molar-refractivity contribution in [1.82, 2.24) is 4.98 Å². The van der Waals surface area contributed by atoms with Crippen molar-refractivity contribution < 1.29 is 14.6 Å². The molecule has 4 nitrogen and oxygen atoms in total. The summed E-state index contributed by atoms with van der Waals surface area (Å²) in [5.41, 5.74) is 2.10. The minimum atomic E-state index is -0.921. The van der Waals surface area contributed by atoms with Crippen LogP contribution in [0.3, 0.4) is 0 Å². The van der Waals surface area contributed by atoms with Gasteiger partial charge in [0.15, 0.2) is 0 Å². The summed E-state index contributed by atoms with van der Waals surface area (Å²) in [6.07, 6.45) is 0. The van der Waals surface area contributed by atoms with Gasteiger partial charge in [0, 0.05) is 10.9 Å². The summed E-state index contributed by atoms with van der Waals surface area (Å²) in [6, 6.07) is 16.5. The summed E-state index contributed by atoms with van der Waals surface area (Å²) in [5.74, 6) is -0.118. The Morgan fingerprint density at radius 3 is 2.65 bits per heavy atom. The van der Waals surface area contributed by atoms with E-state index in [0.717, 1.165) is 22.3 Å². The van der Waals surface area contributed by atoms with Crippen LogP contribution >= 0.6 is 0 Å². The third-order valence-electron chi connectivity index (χ3n) is 3.06. The highest BCUT2D eigenvalue weighted by atomic mass is 16.5. The summed E-state index contributed by atoms with van der Waals surface area (Å²) < 4.78 is 5.65. The molecule has 2 N–H and O–H groups in total. The van der Waals surface area contributed by atoms with E-state index in [1.54, 1.807) is 18.2 Å².